The molecular weight excluding hydrogens is 252 g/mol. The topological polar surface area (TPSA) is 51.2 Å². The zero-order chi connectivity index (χ0) is 14.4. The van der Waals surface area contributed by atoms with Crippen molar-refractivity contribution in [3.8, 4) is 0 Å². The average molecular weight is 270 g/mol. The molecule has 104 valence electrons. The van der Waals surface area contributed by atoms with Crippen LogP contribution in [0, 0.1) is 6.92 Å². The van der Waals surface area contributed by atoms with Crippen LogP contribution in [0.4, 0.5) is 5.82 Å². The van der Waals surface area contributed by atoms with E-state index in [0.717, 1.165) is 13.0 Å². The molecule has 20 heavy (non-hydrogen) atoms. The highest BCUT2D eigenvalue weighted by Gasteiger charge is 2.06. The fraction of sp³-hybridized carbons (Fsp3) is 0.250. The molecule has 0 radical (unpaired) electrons. The van der Waals surface area contributed by atoms with E-state index in [1.807, 2.05) is 0 Å². The summed E-state index contributed by atoms with van der Waals surface area (Å²) in [6.45, 7) is 2.85. The van der Waals surface area contributed by atoms with Gasteiger partial charge >= 0.3 is 5.97 Å². The van der Waals surface area contributed by atoms with Crippen molar-refractivity contribution in [1.82, 2.24) is 4.98 Å². The fourth-order valence-electron chi connectivity index (χ4n) is 1.97. The number of pyridine rings is 1. The van der Waals surface area contributed by atoms with Crippen molar-refractivity contribution < 1.29 is 9.53 Å². The third kappa shape index (κ3) is 3.82. The van der Waals surface area contributed by atoms with Gasteiger partial charge in [0.05, 0.1) is 12.7 Å². The highest BCUT2D eigenvalue weighted by molar-refractivity contribution is 5.89. The van der Waals surface area contributed by atoms with Gasteiger partial charge in [-0.25, -0.2) is 9.78 Å². The Hall–Kier alpha value is -2.36. The number of nitrogens with zero attached hydrogens (tertiary/aromatic N) is 1. The number of ether oxygens (including phenoxy) is 1. The molecule has 4 heteroatoms. The number of nitrogens with one attached hydrogen (secondary N) is 1. The number of hydrogen-bond acceptors (Lipinski definition) is 4. The van der Waals surface area contributed by atoms with E-state index in [1.54, 1.807) is 18.3 Å². The van der Waals surface area contributed by atoms with Gasteiger partial charge in [0.2, 0.25) is 0 Å². The molecule has 1 N–H and O–H groups in total. The van der Waals surface area contributed by atoms with Crippen molar-refractivity contribution in [2.45, 2.75) is 13.3 Å². The van der Waals surface area contributed by atoms with Crippen LogP contribution < -0.4 is 5.32 Å². The summed E-state index contributed by atoms with van der Waals surface area (Å²) in [7, 11) is 1.37. The third-order valence-corrected chi connectivity index (χ3v) is 2.98. The fourth-order valence-corrected chi connectivity index (χ4v) is 1.97. The first-order valence-electron chi connectivity index (χ1n) is 6.53. The summed E-state index contributed by atoms with van der Waals surface area (Å²) in [4.78, 5) is 15.6. The number of aryl methyl sites for hydroxylation is 1. The van der Waals surface area contributed by atoms with E-state index >= 15 is 0 Å². The molecular formula is C16H18N2O2. The number of hydrogen-bond donors (Lipinski definition) is 1. The molecule has 1 aromatic heterocycles. The van der Waals surface area contributed by atoms with Gasteiger partial charge in [-0.15, -0.1) is 0 Å². The van der Waals surface area contributed by atoms with Crippen molar-refractivity contribution in [2.24, 2.45) is 0 Å². The largest absolute Gasteiger partial charge is 0.465 e. The molecule has 0 aliphatic heterocycles. The normalized spacial score (nSPS) is 10.1. The lowest BCUT2D eigenvalue weighted by Crippen LogP contribution is -2.08. The molecule has 0 saturated carbocycles. The maximum Gasteiger partial charge on any atom is 0.338 e. The molecule has 2 rings (SSSR count). The second-order valence-corrected chi connectivity index (χ2v) is 4.59. The Kier molecular flexibility index (Phi) is 4.71. The van der Waals surface area contributed by atoms with Crippen molar-refractivity contribution >= 4 is 11.8 Å². The number of methoxy groups -OCH3 is 1. The predicted octanol–water partition coefficient (Wildman–Crippen LogP) is 2.83. The number of rotatable bonds is 5. The third-order valence-electron chi connectivity index (χ3n) is 2.98. The number of anilines is 1. The van der Waals surface area contributed by atoms with Crippen molar-refractivity contribution in [3.63, 3.8) is 0 Å². The van der Waals surface area contributed by atoms with Crippen LogP contribution in [0.25, 0.3) is 0 Å². The van der Waals surface area contributed by atoms with Crippen molar-refractivity contribution in [2.75, 3.05) is 19.0 Å². The SMILES string of the molecule is COC(=O)c1ccnc(NCCc2cccc(C)c2)c1. The van der Waals surface area contributed by atoms with Crippen LogP contribution in [0.5, 0.6) is 0 Å². The molecule has 0 aliphatic rings. The highest BCUT2D eigenvalue weighted by Crippen LogP contribution is 2.09. The maximum absolute atomic E-state index is 11.4. The van der Waals surface area contributed by atoms with E-state index in [4.69, 9.17) is 0 Å². The van der Waals surface area contributed by atoms with Crippen molar-refractivity contribution in [3.05, 3.63) is 59.3 Å². The number of esters is 1. The van der Waals surface area contributed by atoms with Crippen LogP contribution in [0.15, 0.2) is 42.6 Å². The van der Waals surface area contributed by atoms with E-state index in [9.17, 15) is 4.79 Å². The van der Waals surface area contributed by atoms with Gasteiger partial charge < -0.3 is 10.1 Å². The predicted molar refractivity (Wildman–Crippen MR) is 78.9 cm³/mol. The zero-order valence-electron chi connectivity index (χ0n) is 11.7. The Morgan fingerprint density at radius 3 is 2.90 bits per heavy atom. The van der Waals surface area contributed by atoms with Gasteiger partial charge in [0.1, 0.15) is 5.82 Å². The number of carbonyl (C=O) groups is 1. The second-order valence-electron chi connectivity index (χ2n) is 4.59. The first-order chi connectivity index (χ1) is 9.69. The summed E-state index contributed by atoms with van der Waals surface area (Å²) in [5, 5.41) is 3.21. The molecule has 0 spiro atoms. The minimum absolute atomic E-state index is 0.353. The highest BCUT2D eigenvalue weighted by atomic mass is 16.5. The molecule has 0 atom stereocenters. The first kappa shape index (κ1) is 14.1. The van der Waals surface area contributed by atoms with E-state index in [0.29, 0.717) is 11.4 Å². The molecule has 1 heterocycles. The second kappa shape index (κ2) is 6.70. The molecule has 0 aliphatic carbocycles. The summed E-state index contributed by atoms with van der Waals surface area (Å²) in [6.07, 6.45) is 2.51. The first-order valence-corrected chi connectivity index (χ1v) is 6.53. The van der Waals surface area contributed by atoms with Gasteiger partial charge in [-0.1, -0.05) is 29.8 Å². The quantitative estimate of drug-likeness (QED) is 0.849. The summed E-state index contributed by atoms with van der Waals surface area (Å²) in [6, 6.07) is 11.7. The van der Waals surface area contributed by atoms with Crippen LogP contribution in [0.1, 0.15) is 21.5 Å². The maximum atomic E-state index is 11.4. The Morgan fingerprint density at radius 2 is 2.15 bits per heavy atom. The van der Waals surface area contributed by atoms with Crippen LogP contribution in [-0.4, -0.2) is 24.6 Å². The van der Waals surface area contributed by atoms with E-state index in [2.05, 4.69) is 46.2 Å². The lowest BCUT2D eigenvalue weighted by Gasteiger charge is -2.07. The molecule has 1 aromatic carbocycles. The standard InChI is InChI=1S/C16H18N2O2/c1-12-4-3-5-13(10-12)6-8-17-15-11-14(7-9-18-15)16(19)20-2/h3-5,7,9-11H,6,8H2,1-2H3,(H,17,18). The number of benzene rings is 1. The van der Waals surface area contributed by atoms with Gasteiger partial charge in [0, 0.05) is 12.7 Å². The van der Waals surface area contributed by atoms with Crippen LogP contribution in [0.3, 0.4) is 0 Å². The molecule has 0 unspecified atom stereocenters. The number of aromatic nitrogens is 1. The Labute approximate surface area is 118 Å². The van der Waals surface area contributed by atoms with Gasteiger partial charge in [-0.3, -0.25) is 0 Å². The Morgan fingerprint density at radius 1 is 1.30 bits per heavy atom. The van der Waals surface area contributed by atoms with Gasteiger partial charge in [0.25, 0.3) is 0 Å². The lowest BCUT2D eigenvalue weighted by atomic mass is 10.1. The van der Waals surface area contributed by atoms with E-state index < -0.39 is 0 Å². The monoisotopic (exact) mass is 270 g/mol. The number of carbonyl (C=O) groups excluding carboxylic acids is 1. The van der Waals surface area contributed by atoms with Crippen LogP contribution >= 0.6 is 0 Å². The zero-order valence-corrected chi connectivity index (χ0v) is 11.7. The van der Waals surface area contributed by atoms with E-state index in [-0.39, 0.29) is 5.97 Å². The van der Waals surface area contributed by atoms with Crippen LogP contribution in [0.2, 0.25) is 0 Å². The summed E-state index contributed by atoms with van der Waals surface area (Å²) in [5.74, 6) is 0.328. The van der Waals surface area contributed by atoms with Gasteiger partial charge in [-0.05, 0) is 31.0 Å². The molecule has 0 amide bonds. The smallest absolute Gasteiger partial charge is 0.338 e. The molecule has 2 aromatic rings. The van der Waals surface area contributed by atoms with Gasteiger partial charge in [-0.2, -0.15) is 0 Å². The van der Waals surface area contributed by atoms with Crippen LogP contribution in [-0.2, 0) is 11.2 Å². The Balaban J connectivity index is 1.92. The summed E-state index contributed by atoms with van der Waals surface area (Å²) >= 11 is 0. The summed E-state index contributed by atoms with van der Waals surface area (Å²) in [5.41, 5.74) is 3.04. The Bertz CT molecular complexity index is 597. The average Bonchev–Trinajstić information content (AvgIpc) is 2.47. The lowest BCUT2D eigenvalue weighted by molar-refractivity contribution is 0.0600. The molecule has 0 fully saturated rings. The van der Waals surface area contributed by atoms with Crippen molar-refractivity contribution in [1.29, 1.82) is 0 Å². The van der Waals surface area contributed by atoms with E-state index in [1.165, 1.54) is 18.2 Å². The van der Waals surface area contributed by atoms with Gasteiger partial charge in [0.15, 0.2) is 0 Å². The minimum atomic E-state index is -0.353. The molecule has 0 bridgehead atoms. The molecule has 0 saturated heterocycles. The molecule has 4 nitrogen and oxygen atoms in total. The minimum Gasteiger partial charge on any atom is -0.465 e. The summed E-state index contributed by atoms with van der Waals surface area (Å²) < 4.78 is 4.68.